The predicted octanol–water partition coefficient (Wildman–Crippen LogP) is -0.143. The number of methoxy groups -OCH3 is 1. The fourth-order valence-electron chi connectivity index (χ4n) is 2.31. The Hall–Kier alpha value is -0.160. The molecule has 0 aromatic heterocycles. The van der Waals surface area contributed by atoms with Gasteiger partial charge in [0.2, 0.25) is 0 Å². The summed E-state index contributed by atoms with van der Waals surface area (Å²) in [5.74, 6) is 0. The quantitative estimate of drug-likeness (QED) is 0.675. The maximum atomic E-state index is 9.83. The summed E-state index contributed by atoms with van der Waals surface area (Å²) in [5.41, 5.74) is 0. The molecule has 2 fully saturated rings. The molecule has 4 heteroatoms. The number of nitrogens with zero attached hydrogens (tertiary/aromatic N) is 1. The van der Waals surface area contributed by atoms with Gasteiger partial charge in [-0.25, -0.2) is 0 Å². The Morgan fingerprint density at radius 2 is 2.29 bits per heavy atom. The number of aliphatic hydroxyl groups excluding tert-OH is 1. The zero-order chi connectivity index (χ0) is 9.97. The van der Waals surface area contributed by atoms with E-state index in [4.69, 9.17) is 9.47 Å². The molecule has 0 spiro atoms. The van der Waals surface area contributed by atoms with Crippen LogP contribution in [0.15, 0.2) is 0 Å². The Bertz CT molecular complexity index is 188. The number of hydrogen-bond acceptors (Lipinski definition) is 4. The second kappa shape index (κ2) is 4.57. The maximum absolute atomic E-state index is 9.83. The van der Waals surface area contributed by atoms with Crippen LogP contribution in [0.1, 0.15) is 12.8 Å². The van der Waals surface area contributed by atoms with E-state index in [1.807, 2.05) is 0 Å². The smallest absolute Gasteiger partial charge is 0.0739 e. The van der Waals surface area contributed by atoms with Crippen LogP contribution < -0.4 is 0 Å². The molecular formula is C10H19NO3. The van der Waals surface area contributed by atoms with Gasteiger partial charge in [-0.2, -0.15) is 0 Å². The third kappa shape index (κ3) is 2.08. The molecule has 4 nitrogen and oxygen atoms in total. The highest BCUT2D eigenvalue weighted by atomic mass is 16.5. The van der Waals surface area contributed by atoms with Gasteiger partial charge < -0.3 is 14.6 Å². The van der Waals surface area contributed by atoms with E-state index in [0.717, 1.165) is 25.9 Å². The van der Waals surface area contributed by atoms with Crippen molar-refractivity contribution < 1.29 is 14.6 Å². The molecule has 2 rings (SSSR count). The Morgan fingerprint density at radius 1 is 1.43 bits per heavy atom. The van der Waals surface area contributed by atoms with Gasteiger partial charge in [-0.15, -0.1) is 0 Å². The van der Waals surface area contributed by atoms with Crippen molar-refractivity contribution in [2.24, 2.45) is 0 Å². The van der Waals surface area contributed by atoms with E-state index in [1.54, 1.807) is 7.11 Å². The molecule has 3 atom stereocenters. The van der Waals surface area contributed by atoms with Crippen LogP contribution in [0.4, 0.5) is 0 Å². The molecule has 0 aliphatic carbocycles. The van der Waals surface area contributed by atoms with E-state index in [0.29, 0.717) is 19.3 Å². The molecule has 2 heterocycles. The zero-order valence-electron chi connectivity index (χ0n) is 8.69. The summed E-state index contributed by atoms with van der Waals surface area (Å²) in [4.78, 5) is 2.29. The first-order valence-corrected chi connectivity index (χ1v) is 5.34. The second-order valence-corrected chi connectivity index (χ2v) is 4.14. The molecule has 0 aromatic carbocycles. The van der Waals surface area contributed by atoms with Crippen LogP contribution in [0.25, 0.3) is 0 Å². The average molecular weight is 201 g/mol. The van der Waals surface area contributed by atoms with Gasteiger partial charge in [-0.3, -0.25) is 4.90 Å². The summed E-state index contributed by atoms with van der Waals surface area (Å²) in [6.07, 6.45) is 1.95. The summed E-state index contributed by atoms with van der Waals surface area (Å²) >= 11 is 0. The van der Waals surface area contributed by atoms with Gasteiger partial charge >= 0.3 is 0 Å². The molecular weight excluding hydrogens is 182 g/mol. The first-order chi connectivity index (χ1) is 6.81. The SMILES string of the molecule is COC1CCN(C2COCCC2O)C1. The standard InChI is InChI=1S/C10H19NO3/c1-13-8-2-4-11(6-8)9-7-14-5-3-10(9)12/h8-10,12H,2-7H2,1H3. The molecule has 0 saturated carbocycles. The first-order valence-electron chi connectivity index (χ1n) is 5.34. The lowest BCUT2D eigenvalue weighted by Gasteiger charge is -2.34. The summed E-state index contributed by atoms with van der Waals surface area (Å²) in [7, 11) is 1.75. The normalized spacial score (nSPS) is 40.3. The fourth-order valence-corrected chi connectivity index (χ4v) is 2.31. The monoisotopic (exact) mass is 201 g/mol. The van der Waals surface area contributed by atoms with E-state index in [2.05, 4.69) is 4.90 Å². The maximum Gasteiger partial charge on any atom is 0.0739 e. The Morgan fingerprint density at radius 3 is 2.93 bits per heavy atom. The lowest BCUT2D eigenvalue weighted by molar-refractivity contribution is -0.0581. The lowest BCUT2D eigenvalue weighted by atomic mass is 10.1. The molecule has 3 unspecified atom stereocenters. The van der Waals surface area contributed by atoms with Gasteiger partial charge in [-0.05, 0) is 12.8 Å². The molecule has 0 radical (unpaired) electrons. The molecule has 2 aliphatic heterocycles. The van der Waals surface area contributed by atoms with Crippen LogP contribution in [0.3, 0.4) is 0 Å². The fraction of sp³-hybridized carbons (Fsp3) is 1.00. The van der Waals surface area contributed by atoms with Crippen molar-refractivity contribution in [3.05, 3.63) is 0 Å². The molecule has 14 heavy (non-hydrogen) atoms. The zero-order valence-corrected chi connectivity index (χ0v) is 8.69. The molecule has 2 saturated heterocycles. The van der Waals surface area contributed by atoms with Gasteiger partial charge in [0, 0.05) is 26.8 Å². The topological polar surface area (TPSA) is 41.9 Å². The third-order valence-corrected chi connectivity index (χ3v) is 3.27. The summed E-state index contributed by atoms with van der Waals surface area (Å²) in [5, 5.41) is 9.83. The molecule has 2 aliphatic rings. The number of hydrogen-bond donors (Lipinski definition) is 1. The molecule has 82 valence electrons. The molecule has 0 amide bonds. The van der Waals surface area contributed by atoms with Crippen LogP contribution in [-0.4, -0.2) is 61.7 Å². The van der Waals surface area contributed by atoms with Crippen molar-refractivity contribution >= 4 is 0 Å². The molecule has 1 N–H and O–H groups in total. The number of likely N-dealkylation sites (tertiary alicyclic amines) is 1. The number of aliphatic hydroxyl groups is 1. The Balaban J connectivity index is 1.88. The van der Waals surface area contributed by atoms with Crippen LogP contribution in [0.5, 0.6) is 0 Å². The average Bonchev–Trinajstić information content (AvgIpc) is 2.67. The summed E-state index contributed by atoms with van der Waals surface area (Å²) in [6.45, 7) is 3.31. The van der Waals surface area contributed by atoms with E-state index in [9.17, 15) is 5.11 Å². The minimum atomic E-state index is -0.223. The van der Waals surface area contributed by atoms with Gasteiger partial charge in [0.15, 0.2) is 0 Å². The van der Waals surface area contributed by atoms with Crippen LogP contribution in [-0.2, 0) is 9.47 Å². The Kier molecular flexibility index (Phi) is 3.38. The van der Waals surface area contributed by atoms with Gasteiger partial charge in [-0.1, -0.05) is 0 Å². The number of rotatable bonds is 2. The summed E-state index contributed by atoms with van der Waals surface area (Å²) < 4.78 is 10.7. The minimum absolute atomic E-state index is 0.184. The van der Waals surface area contributed by atoms with Crippen molar-refractivity contribution in [2.75, 3.05) is 33.4 Å². The van der Waals surface area contributed by atoms with Crippen molar-refractivity contribution in [1.82, 2.24) is 4.90 Å². The van der Waals surface area contributed by atoms with Crippen molar-refractivity contribution in [1.29, 1.82) is 0 Å². The predicted molar refractivity (Wildman–Crippen MR) is 52.2 cm³/mol. The van der Waals surface area contributed by atoms with Crippen LogP contribution in [0, 0.1) is 0 Å². The van der Waals surface area contributed by atoms with Gasteiger partial charge in [0.05, 0.1) is 24.9 Å². The largest absolute Gasteiger partial charge is 0.391 e. The molecule has 0 bridgehead atoms. The first kappa shape index (κ1) is 10.4. The number of ether oxygens (including phenoxy) is 2. The van der Waals surface area contributed by atoms with E-state index < -0.39 is 0 Å². The van der Waals surface area contributed by atoms with Crippen molar-refractivity contribution in [3.8, 4) is 0 Å². The lowest BCUT2D eigenvalue weighted by Crippen LogP contribution is -2.49. The summed E-state index contributed by atoms with van der Waals surface area (Å²) in [6, 6.07) is 0.184. The van der Waals surface area contributed by atoms with E-state index in [1.165, 1.54) is 0 Å². The van der Waals surface area contributed by atoms with E-state index in [-0.39, 0.29) is 12.1 Å². The van der Waals surface area contributed by atoms with Crippen LogP contribution in [0.2, 0.25) is 0 Å². The third-order valence-electron chi connectivity index (χ3n) is 3.27. The Labute approximate surface area is 84.8 Å². The highest BCUT2D eigenvalue weighted by molar-refractivity contribution is 4.87. The van der Waals surface area contributed by atoms with Crippen LogP contribution >= 0.6 is 0 Å². The minimum Gasteiger partial charge on any atom is -0.391 e. The van der Waals surface area contributed by atoms with Crippen molar-refractivity contribution in [3.63, 3.8) is 0 Å². The highest BCUT2D eigenvalue weighted by Crippen LogP contribution is 2.20. The second-order valence-electron chi connectivity index (χ2n) is 4.14. The van der Waals surface area contributed by atoms with Crippen molar-refractivity contribution in [2.45, 2.75) is 31.1 Å². The van der Waals surface area contributed by atoms with Gasteiger partial charge in [0.1, 0.15) is 0 Å². The molecule has 0 aromatic rings. The highest BCUT2D eigenvalue weighted by Gasteiger charge is 2.34. The van der Waals surface area contributed by atoms with Gasteiger partial charge in [0.25, 0.3) is 0 Å². The van der Waals surface area contributed by atoms with E-state index >= 15 is 0 Å².